The van der Waals surface area contributed by atoms with Crippen molar-refractivity contribution in [2.75, 3.05) is 26.3 Å². The van der Waals surface area contributed by atoms with Crippen LogP contribution in [-0.4, -0.2) is 54.1 Å². The average molecular weight is 269 g/mol. The largest absolute Gasteiger partial charge is 0.326 e. The summed E-state index contributed by atoms with van der Waals surface area (Å²) < 4.78 is 0. The van der Waals surface area contributed by atoms with E-state index in [1.807, 2.05) is 4.90 Å². The molecule has 19 heavy (non-hydrogen) atoms. The van der Waals surface area contributed by atoms with Crippen molar-refractivity contribution in [3.05, 3.63) is 0 Å². The molecule has 1 aliphatic rings. The second-order valence-electron chi connectivity index (χ2n) is 5.91. The number of carbonyl (C=O) groups is 1. The zero-order valence-corrected chi connectivity index (χ0v) is 13.3. The van der Waals surface area contributed by atoms with E-state index in [9.17, 15) is 4.79 Å². The first-order valence-corrected chi connectivity index (χ1v) is 7.77. The molecule has 2 atom stereocenters. The quantitative estimate of drug-likeness (QED) is 0.731. The van der Waals surface area contributed by atoms with Gasteiger partial charge in [-0.2, -0.15) is 0 Å². The van der Waals surface area contributed by atoms with Gasteiger partial charge < -0.3 is 9.80 Å². The van der Waals surface area contributed by atoms with Crippen molar-refractivity contribution in [1.82, 2.24) is 15.1 Å². The molecule has 0 aromatic rings. The predicted molar refractivity (Wildman–Crippen MR) is 80.0 cm³/mol. The third-order valence-corrected chi connectivity index (χ3v) is 4.22. The van der Waals surface area contributed by atoms with Gasteiger partial charge >= 0.3 is 0 Å². The first-order chi connectivity index (χ1) is 9.01. The van der Waals surface area contributed by atoms with Crippen LogP contribution in [0.4, 0.5) is 0 Å². The minimum Gasteiger partial charge on any atom is -0.326 e. The highest BCUT2D eigenvalue weighted by atomic mass is 16.2. The molecule has 0 radical (unpaired) electrons. The topological polar surface area (TPSA) is 35.6 Å². The van der Waals surface area contributed by atoms with Crippen molar-refractivity contribution in [3.8, 4) is 0 Å². The van der Waals surface area contributed by atoms with E-state index in [1.54, 1.807) is 0 Å². The Morgan fingerprint density at radius 2 is 1.95 bits per heavy atom. The van der Waals surface area contributed by atoms with E-state index in [0.717, 1.165) is 26.1 Å². The minimum absolute atomic E-state index is 0.0187. The van der Waals surface area contributed by atoms with E-state index < -0.39 is 0 Å². The fraction of sp³-hybridized carbons (Fsp3) is 0.933. The summed E-state index contributed by atoms with van der Waals surface area (Å²) in [5, 5.41) is 3.32. The molecule has 0 aromatic heterocycles. The van der Waals surface area contributed by atoms with Crippen LogP contribution in [0.1, 0.15) is 47.5 Å². The molecule has 0 aromatic carbocycles. The molecular formula is C15H31N3O. The molecule has 2 unspecified atom stereocenters. The molecule has 1 fully saturated rings. The molecule has 1 aliphatic heterocycles. The number of carbonyl (C=O) groups excluding carboxylic acids is 1. The Hall–Kier alpha value is -0.610. The fourth-order valence-corrected chi connectivity index (χ4v) is 2.74. The highest BCUT2D eigenvalue weighted by Crippen LogP contribution is 2.17. The van der Waals surface area contributed by atoms with Crippen molar-refractivity contribution < 1.29 is 4.79 Å². The SMILES string of the molecule is CCN(CC)CCCC(C)N1CNC(C(C)C)C1=O. The van der Waals surface area contributed by atoms with E-state index in [1.165, 1.54) is 6.42 Å². The molecule has 1 heterocycles. The molecule has 1 rings (SSSR count). The third-order valence-electron chi connectivity index (χ3n) is 4.22. The summed E-state index contributed by atoms with van der Waals surface area (Å²) in [7, 11) is 0. The van der Waals surface area contributed by atoms with Gasteiger partial charge in [0.2, 0.25) is 5.91 Å². The second-order valence-corrected chi connectivity index (χ2v) is 5.91. The second kappa shape index (κ2) is 7.85. The van der Waals surface area contributed by atoms with Crippen LogP contribution >= 0.6 is 0 Å². The Morgan fingerprint density at radius 3 is 2.42 bits per heavy atom. The molecule has 0 aliphatic carbocycles. The number of rotatable bonds is 8. The summed E-state index contributed by atoms with van der Waals surface area (Å²) in [6.07, 6.45) is 2.26. The Morgan fingerprint density at radius 1 is 1.32 bits per heavy atom. The summed E-state index contributed by atoms with van der Waals surface area (Å²) in [6, 6.07) is 0.365. The van der Waals surface area contributed by atoms with E-state index in [-0.39, 0.29) is 11.9 Å². The van der Waals surface area contributed by atoms with Gasteiger partial charge in [0.1, 0.15) is 0 Å². The molecule has 4 heteroatoms. The van der Waals surface area contributed by atoms with Gasteiger partial charge in [0, 0.05) is 6.04 Å². The van der Waals surface area contributed by atoms with E-state index in [4.69, 9.17) is 0 Å². The van der Waals surface area contributed by atoms with Crippen LogP contribution in [-0.2, 0) is 4.79 Å². The summed E-state index contributed by atoms with van der Waals surface area (Å²) in [5.74, 6) is 0.658. The van der Waals surface area contributed by atoms with Crippen LogP contribution in [0.5, 0.6) is 0 Å². The molecule has 4 nitrogen and oxygen atoms in total. The maximum Gasteiger partial charge on any atom is 0.241 e. The van der Waals surface area contributed by atoms with Crippen LogP contribution in [0.3, 0.4) is 0 Å². The molecule has 0 spiro atoms. The molecule has 1 saturated heterocycles. The van der Waals surface area contributed by atoms with Crippen molar-refractivity contribution in [3.63, 3.8) is 0 Å². The average Bonchev–Trinajstić information content (AvgIpc) is 2.76. The first-order valence-electron chi connectivity index (χ1n) is 7.77. The van der Waals surface area contributed by atoms with Gasteiger partial charge in [-0.15, -0.1) is 0 Å². The van der Waals surface area contributed by atoms with Crippen LogP contribution in [0.25, 0.3) is 0 Å². The minimum atomic E-state index is 0.0187. The zero-order valence-electron chi connectivity index (χ0n) is 13.3. The van der Waals surface area contributed by atoms with Crippen LogP contribution in [0.15, 0.2) is 0 Å². The number of hydrogen-bond donors (Lipinski definition) is 1. The van der Waals surface area contributed by atoms with Crippen LogP contribution in [0.2, 0.25) is 0 Å². The predicted octanol–water partition coefficient (Wildman–Crippen LogP) is 1.91. The Labute approximate surface area is 118 Å². The zero-order chi connectivity index (χ0) is 14.4. The van der Waals surface area contributed by atoms with Crippen molar-refractivity contribution in [1.29, 1.82) is 0 Å². The van der Waals surface area contributed by atoms with Crippen molar-refractivity contribution in [2.24, 2.45) is 5.92 Å². The summed E-state index contributed by atoms with van der Waals surface area (Å²) in [4.78, 5) is 16.7. The lowest BCUT2D eigenvalue weighted by Gasteiger charge is -2.25. The number of amides is 1. The molecule has 112 valence electrons. The van der Waals surface area contributed by atoms with Gasteiger partial charge in [0.25, 0.3) is 0 Å². The lowest BCUT2D eigenvalue weighted by atomic mass is 10.0. The molecular weight excluding hydrogens is 238 g/mol. The first kappa shape index (κ1) is 16.4. The highest BCUT2D eigenvalue weighted by molar-refractivity contribution is 5.84. The van der Waals surface area contributed by atoms with Gasteiger partial charge in [-0.05, 0) is 45.3 Å². The van der Waals surface area contributed by atoms with Crippen molar-refractivity contribution in [2.45, 2.75) is 59.5 Å². The van der Waals surface area contributed by atoms with Gasteiger partial charge in [-0.25, -0.2) is 0 Å². The summed E-state index contributed by atoms with van der Waals surface area (Å²) in [5.41, 5.74) is 0. The summed E-state index contributed by atoms with van der Waals surface area (Å²) in [6.45, 7) is 14.9. The van der Waals surface area contributed by atoms with Gasteiger partial charge in [0.15, 0.2) is 0 Å². The Kier molecular flexibility index (Phi) is 6.80. The lowest BCUT2D eigenvalue weighted by molar-refractivity contribution is -0.131. The maximum absolute atomic E-state index is 12.3. The number of nitrogens with one attached hydrogen (secondary N) is 1. The highest BCUT2D eigenvalue weighted by Gasteiger charge is 2.35. The fourth-order valence-electron chi connectivity index (χ4n) is 2.74. The smallest absolute Gasteiger partial charge is 0.241 e. The molecule has 0 saturated carbocycles. The summed E-state index contributed by atoms with van der Waals surface area (Å²) >= 11 is 0. The monoisotopic (exact) mass is 269 g/mol. The number of nitrogens with zero attached hydrogens (tertiary/aromatic N) is 2. The Balaban J connectivity index is 2.34. The molecule has 1 amide bonds. The van der Waals surface area contributed by atoms with Gasteiger partial charge in [0.05, 0.1) is 12.7 Å². The van der Waals surface area contributed by atoms with Gasteiger partial charge in [-0.1, -0.05) is 27.7 Å². The molecule has 0 bridgehead atoms. The molecule has 1 N–H and O–H groups in total. The maximum atomic E-state index is 12.3. The Bertz CT molecular complexity index is 277. The van der Waals surface area contributed by atoms with E-state index >= 15 is 0 Å². The van der Waals surface area contributed by atoms with Crippen LogP contribution in [0, 0.1) is 5.92 Å². The number of hydrogen-bond acceptors (Lipinski definition) is 3. The normalized spacial score (nSPS) is 21.7. The van der Waals surface area contributed by atoms with Crippen molar-refractivity contribution >= 4 is 5.91 Å². The van der Waals surface area contributed by atoms with E-state index in [2.05, 4.69) is 44.8 Å². The lowest BCUT2D eigenvalue weighted by Crippen LogP contribution is -2.39. The van der Waals surface area contributed by atoms with Gasteiger partial charge in [-0.3, -0.25) is 10.1 Å². The van der Waals surface area contributed by atoms with E-state index in [0.29, 0.717) is 18.6 Å². The standard InChI is InChI=1S/C15H31N3O/c1-6-17(7-2)10-8-9-13(5)18-11-16-14(12(3)4)15(18)19/h12-14,16H,6-11H2,1-5H3. The van der Waals surface area contributed by atoms with Crippen LogP contribution < -0.4 is 5.32 Å². The third kappa shape index (κ3) is 4.46.